The number of H-pyrrole nitrogens is 1. The standard InChI is InChI=1S/C20H18N4O3S/c1-11-9-15(17(21-11)20(26)27-3)22-18(25)16-10-14-12(2)23-24(19(14)28-16)13-7-5-4-6-8-13/h4-10,21H,1-3H3,(H,22,25). The summed E-state index contributed by atoms with van der Waals surface area (Å²) in [7, 11) is 1.30. The molecule has 4 rings (SSSR count). The quantitative estimate of drug-likeness (QED) is 0.511. The zero-order valence-corrected chi connectivity index (χ0v) is 16.4. The predicted octanol–water partition coefficient (Wildman–Crippen LogP) is 4.07. The number of methoxy groups -OCH3 is 1. The molecule has 1 amide bonds. The van der Waals surface area contributed by atoms with E-state index >= 15 is 0 Å². The van der Waals surface area contributed by atoms with Crippen LogP contribution < -0.4 is 5.32 Å². The van der Waals surface area contributed by atoms with Crippen molar-refractivity contribution in [3.8, 4) is 5.69 Å². The van der Waals surface area contributed by atoms with Gasteiger partial charge in [0.15, 0.2) is 0 Å². The molecule has 0 fully saturated rings. The molecule has 1 aromatic carbocycles. The van der Waals surface area contributed by atoms with Crippen molar-refractivity contribution >= 4 is 39.1 Å². The van der Waals surface area contributed by atoms with Crippen LogP contribution in [0.25, 0.3) is 15.9 Å². The number of carbonyl (C=O) groups excluding carboxylic acids is 2. The van der Waals surface area contributed by atoms with E-state index in [2.05, 4.69) is 15.4 Å². The maximum atomic E-state index is 12.8. The summed E-state index contributed by atoms with van der Waals surface area (Å²) in [5.41, 5.74) is 3.16. The van der Waals surface area contributed by atoms with Crippen molar-refractivity contribution in [2.45, 2.75) is 13.8 Å². The first-order valence-corrected chi connectivity index (χ1v) is 9.43. The highest BCUT2D eigenvalue weighted by Crippen LogP contribution is 2.31. The van der Waals surface area contributed by atoms with E-state index in [0.29, 0.717) is 10.6 Å². The minimum atomic E-state index is -0.532. The number of hydrogen-bond donors (Lipinski definition) is 2. The first kappa shape index (κ1) is 18.0. The number of nitrogens with zero attached hydrogens (tertiary/aromatic N) is 2. The summed E-state index contributed by atoms with van der Waals surface area (Å²) in [6, 6.07) is 13.3. The number of nitrogens with one attached hydrogen (secondary N) is 2. The van der Waals surface area contributed by atoms with Crippen molar-refractivity contribution in [3.63, 3.8) is 0 Å². The Morgan fingerprint density at radius 3 is 2.64 bits per heavy atom. The minimum Gasteiger partial charge on any atom is -0.464 e. The molecule has 2 N–H and O–H groups in total. The monoisotopic (exact) mass is 394 g/mol. The lowest BCUT2D eigenvalue weighted by Gasteiger charge is -2.04. The maximum absolute atomic E-state index is 12.8. The summed E-state index contributed by atoms with van der Waals surface area (Å²) < 4.78 is 6.60. The second kappa shape index (κ2) is 6.97. The topological polar surface area (TPSA) is 89.0 Å². The molecule has 0 aliphatic heterocycles. The van der Waals surface area contributed by atoms with Crippen LogP contribution in [0.3, 0.4) is 0 Å². The number of thiophene rings is 1. The van der Waals surface area contributed by atoms with E-state index in [1.807, 2.05) is 48.0 Å². The number of esters is 1. The Balaban J connectivity index is 1.69. The average Bonchev–Trinajstić information content (AvgIpc) is 3.37. The number of rotatable bonds is 4. The Morgan fingerprint density at radius 1 is 1.18 bits per heavy atom. The van der Waals surface area contributed by atoms with Crippen LogP contribution in [0.4, 0.5) is 5.69 Å². The largest absolute Gasteiger partial charge is 0.464 e. The van der Waals surface area contributed by atoms with Gasteiger partial charge in [0.25, 0.3) is 5.91 Å². The molecule has 142 valence electrons. The van der Waals surface area contributed by atoms with E-state index in [4.69, 9.17) is 4.74 Å². The van der Waals surface area contributed by atoms with Crippen LogP contribution in [0.5, 0.6) is 0 Å². The van der Waals surface area contributed by atoms with Crippen LogP contribution in [0, 0.1) is 13.8 Å². The van der Waals surface area contributed by atoms with Gasteiger partial charge in [-0.2, -0.15) is 5.10 Å². The van der Waals surface area contributed by atoms with Crippen LogP contribution in [0.1, 0.15) is 31.5 Å². The number of anilines is 1. The molecule has 0 saturated heterocycles. The lowest BCUT2D eigenvalue weighted by molar-refractivity contribution is 0.0596. The molecule has 4 aromatic rings. The Morgan fingerprint density at radius 2 is 1.93 bits per heavy atom. The number of hydrogen-bond acceptors (Lipinski definition) is 5. The fourth-order valence-electron chi connectivity index (χ4n) is 3.04. The zero-order valence-electron chi connectivity index (χ0n) is 15.6. The van der Waals surface area contributed by atoms with Gasteiger partial charge in [-0.1, -0.05) is 18.2 Å². The first-order valence-electron chi connectivity index (χ1n) is 8.62. The third-order valence-corrected chi connectivity index (χ3v) is 5.47. The summed E-state index contributed by atoms with van der Waals surface area (Å²) >= 11 is 1.36. The number of aromatic nitrogens is 3. The molecule has 0 aliphatic rings. The number of para-hydroxylation sites is 1. The first-order chi connectivity index (χ1) is 13.5. The number of aromatic amines is 1. The number of benzene rings is 1. The molecule has 8 heteroatoms. The van der Waals surface area contributed by atoms with E-state index < -0.39 is 5.97 Å². The normalized spacial score (nSPS) is 11.0. The Labute approximate surface area is 164 Å². The average molecular weight is 394 g/mol. The number of carbonyl (C=O) groups is 2. The molecule has 0 unspecified atom stereocenters. The molecule has 28 heavy (non-hydrogen) atoms. The van der Waals surface area contributed by atoms with Crippen molar-refractivity contribution in [3.05, 3.63) is 64.4 Å². The summed E-state index contributed by atoms with van der Waals surface area (Å²) in [5.74, 6) is -0.820. The summed E-state index contributed by atoms with van der Waals surface area (Å²) in [6.45, 7) is 3.72. The second-order valence-electron chi connectivity index (χ2n) is 6.35. The van der Waals surface area contributed by atoms with E-state index in [9.17, 15) is 9.59 Å². The van der Waals surface area contributed by atoms with Crippen LogP contribution in [-0.4, -0.2) is 33.8 Å². The van der Waals surface area contributed by atoms with Crippen molar-refractivity contribution < 1.29 is 14.3 Å². The second-order valence-corrected chi connectivity index (χ2v) is 7.38. The van der Waals surface area contributed by atoms with Crippen molar-refractivity contribution in [1.82, 2.24) is 14.8 Å². The third-order valence-electron chi connectivity index (χ3n) is 4.36. The minimum absolute atomic E-state index is 0.223. The molecule has 0 saturated carbocycles. The maximum Gasteiger partial charge on any atom is 0.356 e. The van der Waals surface area contributed by atoms with Gasteiger partial charge in [0.2, 0.25) is 0 Å². The van der Waals surface area contributed by atoms with Crippen LogP contribution in [-0.2, 0) is 4.74 Å². The lowest BCUT2D eigenvalue weighted by Crippen LogP contribution is -2.13. The molecular weight excluding hydrogens is 376 g/mol. The van der Waals surface area contributed by atoms with E-state index in [1.54, 1.807) is 13.0 Å². The van der Waals surface area contributed by atoms with Crippen LogP contribution in [0.15, 0.2) is 42.5 Å². The van der Waals surface area contributed by atoms with Gasteiger partial charge in [0.1, 0.15) is 10.5 Å². The molecule has 3 aromatic heterocycles. The van der Waals surface area contributed by atoms with E-state index in [1.165, 1.54) is 18.4 Å². The van der Waals surface area contributed by atoms with Gasteiger partial charge in [-0.3, -0.25) is 4.79 Å². The highest BCUT2D eigenvalue weighted by atomic mass is 32.1. The Bertz CT molecular complexity index is 1190. The lowest BCUT2D eigenvalue weighted by atomic mass is 10.3. The predicted molar refractivity (Wildman–Crippen MR) is 109 cm³/mol. The van der Waals surface area contributed by atoms with Crippen LogP contribution in [0.2, 0.25) is 0 Å². The summed E-state index contributed by atoms with van der Waals surface area (Å²) in [6.07, 6.45) is 0. The van der Waals surface area contributed by atoms with Gasteiger partial charge < -0.3 is 15.0 Å². The molecule has 3 heterocycles. The van der Waals surface area contributed by atoms with E-state index in [0.717, 1.165) is 27.3 Å². The fourth-order valence-corrected chi connectivity index (χ4v) is 4.12. The van der Waals surface area contributed by atoms with E-state index in [-0.39, 0.29) is 11.6 Å². The van der Waals surface area contributed by atoms with Gasteiger partial charge in [0, 0.05) is 11.1 Å². The van der Waals surface area contributed by atoms with Gasteiger partial charge in [-0.15, -0.1) is 11.3 Å². The highest BCUT2D eigenvalue weighted by molar-refractivity contribution is 7.20. The van der Waals surface area contributed by atoms with Crippen molar-refractivity contribution in [1.29, 1.82) is 0 Å². The molecule has 0 aliphatic carbocycles. The molecule has 7 nitrogen and oxygen atoms in total. The van der Waals surface area contributed by atoms with Crippen molar-refractivity contribution in [2.75, 3.05) is 12.4 Å². The number of aryl methyl sites for hydroxylation is 2. The van der Waals surface area contributed by atoms with Crippen molar-refractivity contribution in [2.24, 2.45) is 0 Å². The van der Waals surface area contributed by atoms with Gasteiger partial charge in [-0.05, 0) is 38.1 Å². The molecule has 0 atom stereocenters. The Kier molecular flexibility index (Phi) is 4.48. The number of ether oxygens (including phenoxy) is 1. The molecule has 0 spiro atoms. The third kappa shape index (κ3) is 3.07. The SMILES string of the molecule is COC(=O)c1[nH]c(C)cc1NC(=O)c1cc2c(C)nn(-c3ccccc3)c2s1. The smallest absolute Gasteiger partial charge is 0.356 e. The molecular formula is C20H18N4O3S. The van der Waals surface area contributed by atoms with Gasteiger partial charge in [-0.25, -0.2) is 9.48 Å². The summed E-state index contributed by atoms with van der Waals surface area (Å²) in [4.78, 5) is 29.1. The number of fused-ring (bicyclic) bond motifs is 1. The molecule has 0 bridgehead atoms. The van der Waals surface area contributed by atoms with Gasteiger partial charge in [0.05, 0.1) is 29.1 Å². The molecule has 0 radical (unpaired) electrons. The number of amides is 1. The van der Waals surface area contributed by atoms with Crippen LogP contribution >= 0.6 is 11.3 Å². The summed E-state index contributed by atoms with van der Waals surface area (Å²) in [5, 5.41) is 8.32. The zero-order chi connectivity index (χ0) is 19.8. The fraction of sp³-hybridized carbons (Fsp3) is 0.150. The Hall–Kier alpha value is -3.39. The highest BCUT2D eigenvalue weighted by Gasteiger charge is 2.21. The van der Waals surface area contributed by atoms with Gasteiger partial charge >= 0.3 is 5.97 Å².